The Balaban J connectivity index is 0.979. The molecule has 0 aliphatic rings. The van der Waals surface area contributed by atoms with Crippen LogP contribution in [0.5, 0.6) is 0 Å². The van der Waals surface area contributed by atoms with Crippen molar-refractivity contribution in [2.24, 2.45) is 0 Å². The van der Waals surface area contributed by atoms with Gasteiger partial charge in [0.15, 0.2) is 0 Å². The number of para-hydroxylation sites is 1. The van der Waals surface area contributed by atoms with E-state index >= 15 is 0 Å². The highest BCUT2D eigenvalue weighted by molar-refractivity contribution is 5.89. The van der Waals surface area contributed by atoms with Gasteiger partial charge in [0.05, 0.1) is 0 Å². The molecule has 0 fully saturated rings. The highest BCUT2D eigenvalue weighted by Gasteiger charge is 2.15. The lowest BCUT2D eigenvalue weighted by molar-refractivity contribution is 0.631. The van der Waals surface area contributed by atoms with Crippen LogP contribution in [0.1, 0.15) is 0 Å². The van der Waals surface area contributed by atoms with E-state index in [2.05, 4.69) is 211 Å². The molecule has 0 saturated carbocycles. The van der Waals surface area contributed by atoms with E-state index in [1.807, 2.05) is 18.2 Å². The molecule has 56 heavy (non-hydrogen) atoms. The van der Waals surface area contributed by atoms with Gasteiger partial charge in [-0.2, -0.15) is 0 Å². The largest absolute Gasteiger partial charge is 0.456 e. The molecule has 0 radical (unpaired) electrons. The molecule has 0 aliphatic carbocycles. The fraction of sp³-hybridized carbons (Fsp3) is 0. The lowest BCUT2D eigenvalue weighted by Gasteiger charge is -2.26. The van der Waals surface area contributed by atoms with Crippen molar-refractivity contribution in [3.63, 3.8) is 0 Å². The zero-order chi connectivity index (χ0) is 37.3. The summed E-state index contributed by atoms with van der Waals surface area (Å²) < 4.78 is 6.20. The summed E-state index contributed by atoms with van der Waals surface area (Å²) in [5.74, 6) is 0.874. The Morgan fingerprint density at radius 2 is 0.661 bits per heavy atom. The minimum Gasteiger partial charge on any atom is -0.456 e. The predicted octanol–water partition coefficient (Wildman–Crippen LogP) is 15.4. The first-order valence-electron chi connectivity index (χ1n) is 19.1. The topological polar surface area (TPSA) is 16.4 Å². The van der Waals surface area contributed by atoms with Crippen LogP contribution >= 0.6 is 0 Å². The van der Waals surface area contributed by atoms with E-state index in [0.717, 1.165) is 50.5 Å². The van der Waals surface area contributed by atoms with Crippen molar-refractivity contribution in [1.29, 1.82) is 0 Å². The van der Waals surface area contributed by atoms with Crippen molar-refractivity contribution in [3.8, 4) is 55.8 Å². The normalized spacial score (nSPS) is 11.2. The molecule has 1 aromatic heterocycles. The second-order valence-electron chi connectivity index (χ2n) is 14.2. The third-order valence-corrected chi connectivity index (χ3v) is 10.7. The van der Waals surface area contributed by atoms with E-state index in [0.29, 0.717) is 0 Å². The molecule has 0 aliphatic heterocycles. The molecule has 1 heterocycles. The van der Waals surface area contributed by atoms with E-state index in [-0.39, 0.29) is 0 Å². The van der Waals surface area contributed by atoms with Crippen LogP contribution in [0.15, 0.2) is 229 Å². The summed E-state index contributed by atoms with van der Waals surface area (Å²) in [6, 6.07) is 80.1. The Labute approximate surface area is 327 Å². The Hall–Kier alpha value is -7.42. The third-order valence-electron chi connectivity index (χ3n) is 10.7. The molecule has 0 spiro atoms. The first kappa shape index (κ1) is 33.2. The summed E-state index contributed by atoms with van der Waals surface area (Å²) in [5, 5.41) is 3.61. The number of furan rings is 1. The number of hydrogen-bond donors (Lipinski definition) is 0. The standard InChI is InChI=1S/C54H37NO/c1-2-10-38(11-3-1)40-22-28-50(29-23-40)55(52-32-26-42(27-33-52)45-16-9-18-48(36-45)54-37-49-14-6-7-19-53(49)56-54)51-30-24-41(25-31-51)44-15-8-17-46(34-44)47-21-20-39-12-4-5-13-43(39)35-47/h1-37H. The number of hydrogen-bond acceptors (Lipinski definition) is 2. The Morgan fingerprint density at radius 1 is 0.250 bits per heavy atom. The third kappa shape index (κ3) is 6.55. The van der Waals surface area contributed by atoms with Gasteiger partial charge in [-0.25, -0.2) is 0 Å². The number of nitrogens with zero attached hydrogens (tertiary/aromatic N) is 1. The van der Waals surface area contributed by atoms with Crippen molar-refractivity contribution in [3.05, 3.63) is 224 Å². The molecule has 2 heteroatoms. The van der Waals surface area contributed by atoms with Crippen LogP contribution in [0.2, 0.25) is 0 Å². The van der Waals surface area contributed by atoms with Crippen molar-refractivity contribution < 1.29 is 4.42 Å². The maximum absolute atomic E-state index is 6.20. The van der Waals surface area contributed by atoms with Crippen LogP contribution < -0.4 is 4.90 Å². The average Bonchev–Trinajstić information content (AvgIpc) is 3.72. The smallest absolute Gasteiger partial charge is 0.135 e. The van der Waals surface area contributed by atoms with Gasteiger partial charge in [0.25, 0.3) is 0 Å². The fourth-order valence-corrected chi connectivity index (χ4v) is 7.71. The van der Waals surface area contributed by atoms with Crippen LogP contribution in [0.3, 0.4) is 0 Å². The van der Waals surface area contributed by atoms with Gasteiger partial charge in [-0.05, 0) is 122 Å². The van der Waals surface area contributed by atoms with Crippen LogP contribution in [-0.4, -0.2) is 0 Å². The Kier molecular flexibility index (Phi) is 8.55. The predicted molar refractivity (Wildman–Crippen MR) is 236 cm³/mol. The summed E-state index contributed by atoms with van der Waals surface area (Å²) in [4.78, 5) is 2.33. The second kappa shape index (κ2) is 14.4. The van der Waals surface area contributed by atoms with Crippen molar-refractivity contribution in [2.45, 2.75) is 0 Å². The minimum absolute atomic E-state index is 0.874. The highest BCUT2D eigenvalue weighted by Crippen LogP contribution is 2.39. The maximum atomic E-state index is 6.20. The lowest BCUT2D eigenvalue weighted by Crippen LogP contribution is -2.09. The summed E-state index contributed by atoms with van der Waals surface area (Å²) >= 11 is 0. The first-order chi connectivity index (χ1) is 27.7. The fourth-order valence-electron chi connectivity index (χ4n) is 7.71. The molecular weight excluding hydrogens is 679 g/mol. The van der Waals surface area contributed by atoms with E-state index in [1.54, 1.807) is 0 Å². The van der Waals surface area contributed by atoms with Crippen molar-refractivity contribution in [2.75, 3.05) is 4.90 Å². The van der Waals surface area contributed by atoms with Gasteiger partial charge in [-0.1, -0.05) is 158 Å². The molecule has 0 amide bonds. The van der Waals surface area contributed by atoms with Crippen LogP contribution in [0.4, 0.5) is 17.1 Å². The molecular formula is C54H37NO. The zero-order valence-electron chi connectivity index (χ0n) is 30.7. The van der Waals surface area contributed by atoms with Crippen LogP contribution in [0.25, 0.3) is 77.6 Å². The highest BCUT2D eigenvalue weighted by atomic mass is 16.3. The second-order valence-corrected chi connectivity index (χ2v) is 14.2. The van der Waals surface area contributed by atoms with E-state index < -0.39 is 0 Å². The van der Waals surface area contributed by atoms with E-state index in [4.69, 9.17) is 4.42 Å². The van der Waals surface area contributed by atoms with Crippen molar-refractivity contribution in [1.82, 2.24) is 0 Å². The van der Waals surface area contributed by atoms with Gasteiger partial charge >= 0.3 is 0 Å². The average molecular weight is 716 g/mol. The molecule has 0 N–H and O–H groups in total. The molecule has 9 aromatic carbocycles. The van der Waals surface area contributed by atoms with Crippen molar-refractivity contribution >= 4 is 38.8 Å². The van der Waals surface area contributed by atoms with Gasteiger partial charge in [-0.15, -0.1) is 0 Å². The van der Waals surface area contributed by atoms with Gasteiger partial charge in [-0.3, -0.25) is 0 Å². The van der Waals surface area contributed by atoms with Gasteiger partial charge in [0, 0.05) is 28.0 Å². The summed E-state index contributed by atoms with van der Waals surface area (Å²) in [6.45, 7) is 0. The maximum Gasteiger partial charge on any atom is 0.135 e. The Morgan fingerprint density at radius 3 is 1.27 bits per heavy atom. The van der Waals surface area contributed by atoms with Crippen LogP contribution in [-0.2, 0) is 0 Å². The Bertz CT molecular complexity index is 2910. The van der Waals surface area contributed by atoms with Gasteiger partial charge in [0.1, 0.15) is 11.3 Å². The SMILES string of the molecule is c1ccc(-c2ccc(N(c3ccc(-c4cccc(-c5ccc6ccccc6c5)c4)cc3)c3ccc(-c4cccc(-c5cc6ccccc6o5)c4)cc3)cc2)cc1. The zero-order valence-corrected chi connectivity index (χ0v) is 30.7. The summed E-state index contributed by atoms with van der Waals surface area (Å²) in [5.41, 5.74) is 14.7. The molecule has 264 valence electrons. The number of benzene rings is 9. The molecule has 0 bridgehead atoms. The van der Waals surface area contributed by atoms with E-state index in [9.17, 15) is 0 Å². The molecule has 0 atom stereocenters. The van der Waals surface area contributed by atoms with E-state index in [1.165, 1.54) is 44.2 Å². The molecule has 10 rings (SSSR count). The first-order valence-corrected chi connectivity index (χ1v) is 19.1. The van der Waals surface area contributed by atoms with Gasteiger partial charge in [0.2, 0.25) is 0 Å². The quantitative estimate of drug-likeness (QED) is 0.156. The molecule has 10 aromatic rings. The molecule has 0 saturated heterocycles. The molecule has 0 unspecified atom stereocenters. The summed E-state index contributed by atoms with van der Waals surface area (Å²) in [6.07, 6.45) is 0. The number of fused-ring (bicyclic) bond motifs is 2. The minimum atomic E-state index is 0.874. The lowest BCUT2D eigenvalue weighted by atomic mass is 9.97. The van der Waals surface area contributed by atoms with Crippen LogP contribution in [0, 0.1) is 0 Å². The number of anilines is 3. The summed E-state index contributed by atoms with van der Waals surface area (Å²) in [7, 11) is 0. The molecule has 2 nitrogen and oxygen atoms in total. The monoisotopic (exact) mass is 715 g/mol. The number of rotatable bonds is 8. The van der Waals surface area contributed by atoms with Gasteiger partial charge < -0.3 is 9.32 Å².